The van der Waals surface area contributed by atoms with Crippen molar-refractivity contribution in [2.75, 3.05) is 0 Å². The normalized spacial score (nSPS) is 19.3. The maximum atomic E-state index is 12.9. The van der Waals surface area contributed by atoms with Crippen molar-refractivity contribution >= 4 is 33.3 Å². The molecule has 1 aromatic carbocycles. The van der Waals surface area contributed by atoms with Gasteiger partial charge in [0.1, 0.15) is 6.04 Å². The Balaban J connectivity index is 2.59. The largest absolute Gasteiger partial charge is 0.300 e. The van der Waals surface area contributed by atoms with E-state index in [2.05, 4.69) is 5.32 Å². The average Bonchev–Trinajstić information content (AvgIpc) is 2.67. The van der Waals surface area contributed by atoms with Crippen molar-refractivity contribution in [3.63, 3.8) is 0 Å². The Morgan fingerprint density at radius 3 is 2.48 bits per heavy atom. The molecule has 1 saturated heterocycles. The molecule has 0 aliphatic carbocycles. The molecule has 0 radical (unpaired) electrons. The molecule has 0 aromatic heterocycles. The van der Waals surface area contributed by atoms with Crippen LogP contribution in [0.1, 0.15) is 25.0 Å². The van der Waals surface area contributed by atoms with E-state index < -0.39 is 16.1 Å². The second-order valence-electron chi connectivity index (χ2n) is 5.55. The van der Waals surface area contributed by atoms with Gasteiger partial charge < -0.3 is 5.32 Å². The number of carbonyl (C=O) groups excluding carboxylic acids is 1. The van der Waals surface area contributed by atoms with Gasteiger partial charge in [0, 0.05) is 0 Å². The number of carbonyl (C=O) groups is 1. The Kier molecular flexibility index (Phi) is 4.08. The molecular formula is C14H18N2O3S2. The van der Waals surface area contributed by atoms with E-state index in [1.165, 1.54) is 0 Å². The molecule has 5 nitrogen and oxygen atoms in total. The van der Waals surface area contributed by atoms with Gasteiger partial charge in [-0.05, 0) is 49.2 Å². The summed E-state index contributed by atoms with van der Waals surface area (Å²) in [4.78, 5) is 12.1. The topological polar surface area (TPSA) is 66.5 Å². The third kappa shape index (κ3) is 2.67. The lowest BCUT2D eigenvalue weighted by Gasteiger charge is -2.26. The second kappa shape index (κ2) is 5.38. The summed E-state index contributed by atoms with van der Waals surface area (Å²) < 4.78 is 26.9. The van der Waals surface area contributed by atoms with Crippen LogP contribution < -0.4 is 5.32 Å². The van der Waals surface area contributed by atoms with Gasteiger partial charge in [-0.1, -0.05) is 26.0 Å². The maximum Gasteiger partial charge on any atom is 0.267 e. The molecule has 1 aliphatic rings. The number of benzene rings is 1. The summed E-state index contributed by atoms with van der Waals surface area (Å²) in [7, 11) is -3.86. The fraction of sp³-hybridized carbons (Fsp3) is 0.429. The van der Waals surface area contributed by atoms with Crippen LogP contribution in [0.3, 0.4) is 0 Å². The van der Waals surface area contributed by atoms with Gasteiger partial charge in [0.25, 0.3) is 10.0 Å². The van der Waals surface area contributed by atoms with Crippen LogP contribution in [0.15, 0.2) is 23.1 Å². The summed E-state index contributed by atoms with van der Waals surface area (Å²) >= 11 is 5.05. The first-order valence-electron chi connectivity index (χ1n) is 6.62. The maximum absolute atomic E-state index is 12.9. The summed E-state index contributed by atoms with van der Waals surface area (Å²) in [5.74, 6) is -0.547. The van der Waals surface area contributed by atoms with E-state index in [-0.39, 0.29) is 21.8 Å². The minimum Gasteiger partial charge on any atom is -0.300 e. The van der Waals surface area contributed by atoms with Gasteiger partial charge in [0.15, 0.2) is 5.11 Å². The monoisotopic (exact) mass is 326 g/mol. The highest BCUT2D eigenvalue weighted by Crippen LogP contribution is 2.28. The van der Waals surface area contributed by atoms with Crippen molar-refractivity contribution in [2.45, 2.75) is 38.6 Å². The lowest BCUT2D eigenvalue weighted by molar-refractivity contribution is -0.121. The van der Waals surface area contributed by atoms with Gasteiger partial charge in [0.2, 0.25) is 5.91 Å². The number of aryl methyl sites for hydroxylation is 2. The van der Waals surface area contributed by atoms with E-state index >= 15 is 0 Å². The molecule has 114 valence electrons. The third-order valence-corrected chi connectivity index (χ3v) is 5.80. The summed E-state index contributed by atoms with van der Waals surface area (Å²) in [6, 6.07) is 4.40. The average molecular weight is 326 g/mol. The highest BCUT2D eigenvalue weighted by atomic mass is 32.2. The summed E-state index contributed by atoms with van der Waals surface area (Å²) in [5.41, 5.74) is 1.47. The molecule has 1 aromatic rings. The summed E-state index contributed by atoms with van der Waals surface area (Å²) in [5, 5.41) is 2.39. The molecule has 0 saturated carbocycles. The van der Waals surface area contributed by atoms with Crippen LogP contribution in [0.25, 0.3) is 0 Å². The van der Waals surface area contributed by atoms with Gasteiger partial charge in [0.05, 0.1) is 4.90 Å². The molecular weight excluding hydrogens is 308 g/mol. The van der Waals surface area contributed by atoms with E-state index in [1.54, 1.807) is 32.9 Å². The number of sulfonamides is 1. The highest BCUT2D eigenvalue weighted by Gasteiger charge is 2.45. The Morgan fingerprint density at radius 2 is 1.90 bits per heavy atom. The summed E-state index contributed by atoms with van der Waals surface area (Å²) in [6.45, 7) is 7.14. The zero-order chi connectivity index (χ0) is 15.9. The van der Waals surface area contributed by atoms with Crippen molar-refractivity contribution in [3.8, 4) is 0 Å². The van der Waals surface area contributed by atoms with Crippen LogP contribution in [-0.2, 0) is 14.8 Å². The molecule has 1 amide bonds. The third-order valence-electron chi connectivity index (χ3n) is 3.46. The molecule has 21 heavy (non-hydrogen) atoms. The first-order valence-corrected chi connectivity index (χ1v) is 8.47. The zero-order valence-corrected chi connectivity index (χ0v) is 14.0. The minimum atomic E-state index is -3.86. The zero-order valence-electron chi connectivity index (χ0n) is 12.4. The van der Waals surface area contributed by atoms with Crippen LogP contribution in [-0.4, -0.2) is 29.8 Å². The molecule has 1 N–H and O–H groups in total. The Morgan fingerprint density at radius 1 is 1.29 bits per heavy atom. The van der Waals surface area contributed by atoms with Gasteiger partial charge in [-0.2, -0.15) is 0 Å². The first kappa shape index (κ1) is 15.9. The van der Waals surface area contributed by atoms with Crippen molar-refractivity contribution in [3.05, 3.63) is 29.3 Å². The fourth-order valence-electron chi connectivity index (χ4n) is 2.39. The molecule has 1 atom stereocenters. The van der Waals surface area contributed by atoms with E-state index in [4.69, 9.17) is 12.2 Å². The van der Waals surface area contributed by atoms with Crippen LogP contribution >= 0.6 is 12.2 Å². The SMILES string of the molecule is Cc1ccc(C)c(S(=O)(=O)N2C(=S)NC(=O)[C@H]2C(C)C)c1. The Labute approximate surface area is 130 Å². The number of hydrogen-bond acceptors (Lipinski definition) is 4. The van der Waals surface area contributed by atoms with Crippen LogP contribution in [0.4, 0.5) is 0 Å². The second-order valence-corrected chi connectivity index (χ2v) is 7.72. The predicted octanol–water partition coefficient (Wildman–Crippen LogP) is 1.73. The standard InChI is InChI=1S/C14H18N2O3S2/c1-8(2)12-13(17)15-14(20)16(12)21(18,19)11-7-9(3)5-6-10(11)4/h5-8,12H,1-4H3,(H,15,17,20)/t12-/m1/s1. The Bertz CT molecular complexity index is 711. The number of nitrogens with one attached hydrogen (secondary N) is 1. The van der Waals surface area contributed by atoms with Gasteiger partial charge in [-0.3, -0.25) is 4.79 Å². The van der Waals surface area contributed by atoms with Gasteiger partial charge in [-0.25, -0.2) is 12.7 Å². The van der Waals surface area contributed by atoms with Crippen molar-refractivity contribution in [1.82, 2.24) is 9.62 Å². The molecule has 1 aliphatic heterocycles. The predicted molar refractivity (Wildman–Crippen MR) is 84.3 cm³/mol. The molecule has 1 heterocycles. The highest BCUT2D eigenvalue weighted by molar-refractivity contribution is 7.91. The fourth-order valence-corrected chi connectivity index (χ4v) is 4.82. The first-order chi connectivity index (χ1) is 9.66. The summed E-state index contributed by atoms with van der Waals surface area (Å²) in [6.07, 6.45) is 0. The lowest BCUT2D eigenvalue weighted by Crippen LogP contribution is -2.43. The van der Waals surface area contributed by atoms with Gasteiger partial charge in [-0.15, -0.1) is 0 Å². The quantitative estimate of drug-likeness (QED) is 0.859. The minimum absolute atomic E-state index is 0.0559. The van der Waals surface area contributed by atoms with Crippen molar-refractivity contribution < 1.29 is 13.2 Å². The molecule has 1 fully saturated rings. The lowest BCUT2D eigenvalue weighted by atomic mass is 10.1. The van der Waals surface area contributed by atoms with E-state index in [0.717, 1.165) is 9.87 Å². The van der Waals surface area contributed by atoms with E-state index in [9.17, 15) is 13.2 Å². The molecule has 7 heteroatoms. The van der Waals surface area contributed by atoms with Crippen molar-refractivity contribution in [1.29, 1.82) is 0 Å². The van der Waals surface area contributed by atoms with Crippen LogP contribution in [0.2, 0.25) is 0 Å². The number of rotatable bonds is 3. The molecule has 0 unspecified atom stereocenters. The smallest absolute Gasteiger partial charge is 0.267 e. The van der Waals surface area contributed by atoms with Gasteiger partial charge >= 0.3 is 0 Å². The number of nitrogens with zero attached hydrogens (tertiary/aromatic N) is 1. The number of thiocarbonyl (C=S) groups is 1. The molecule has 0 spiro atoms. The number of amides is 1. The van der Waals surface area contributed by atoms with Crippen LogP contribution in [0.5, 0.6) is 0 Å². The van der Waals surface area contributed by atoms with Crippen molar-refractivity contribution in [2.24, 2.45) is 5.92 Å². The Hall–Kier alpha value is -1.47. The van der Waals surface area contributed by atoms with Crippen LogP contribution in [0, 0.1) is 19.8 Å². The van der Waals surface area contributed by atoms with E-state index in [1.807, 2.05) is 13.0 Å². The number of hydrogen-bond donors (Lipinski definition) is 1. The molecule has 2 rings (SSSR count). The molecule has 0 bridgehead atoms. The van der Waals surface area contributed by atoms with E-state index in [0.29, 0.717) is 5.56 Å².